The van der Waals surface area contributed by atoms with Crippen LogP contribution in [-0.4, -0.2) is 14.8 Å². The Balaban J connectivity index is 2.65. The smallest absolute Gasteiger partial charge is 0.0866 e. The molecule has 0 radical (unpaired) electrons. The molecular formula is C10H11ClN4. The van der Waals surface area contributed by atoms with Crippen molar-refractivity contribution < 1.29 is 0 Å². The monoisotopic (exact) mass is 222 g/mol. The van der Waals surface area contributed by atoms with Crippen LogP contribution in [-0.2, 0) is 0 Å². The highest BCUT2D eigenvalue weighted by molar-refractivity contribution is 6.32. The molecule has 0 unspecified atom stereocenters. The summed E-state index contributed by atoms with van der Waals surface area (Å²) in [6.07, 6.45) is 3.26. The third-order valence-electron chi connectivity index (χ3n) is 2.33. The topological polar surface area (TPSA) is 56.7 Å². The number of hydrogen-bond donors (Lipinski definition) is 1. The first-order valence-electron chi connectivity index (χ1n) is 4.53. The van der Waals surface area contributed by atoms with Crippen molar-refractivity contribution in [3.05, 3.63) is 34.9 Å². The molecule has 2 aromatic heterocycles. The fourth-order valence-corrected chi connectivity index (χ4v) is 1.63. The van der Waals surface area contributed by atoms with Crippen molar-refractivity contribution in [3.63, 3.8) is 0 Å². The highest BCUT2D eigenvalue weighted by atomic mass is 35.5. The maximum absolute atomic E-state index is 6.03. The molecule has 0 bridgehead atoms. The van der Waals surface area contributed by atoms with Gasteiger partial charge in [-0.2, -0.15) is 5.10 Å². The van der Waals surface area contributed by atoms with Crippen LogP contribution in [0.25, 0.3) is 5.69 Å². The predicted octanol–water partition coefficient (Wildman–Crippen LogP) is 2.12. The van der Waals surface area contributed by atoms with Crippen molar-refractivity contribution in [2.75, 3.05) is 5.73 Å². The Morgan fingerprint density at radius 2 is 2.13 bits per heavy atom. The molecular weight excluding hydrogens is 212 g/mol. The second-order valence-electron chi connectivity index (χ2n) is 3.32. The third kappa shape index (κ3) is 1.57. The minimum atomic E-state index is 0.558. The summed E-state index contributed by atoms with van der Waals surface area (Å²) >= 11 is 6.03. The number of rotatable bonds is 1. The van der Waals surface area contributed by atoms with Crippen molar-refractivity contribution in [1.82, 2.24) is 14.8 Å². The maximum Gasteiger partial charge on any atom is 0.0866 e. The molecule has 0 saturated carbocycles. The zero-order valence-electron chi connectivity index (χ0n) is 8.53. The van der Waals surface area contributed by atoms with Crippen LogP contribution < -0.4 is 5.73 Å². The lowest BCUT2D eigenvalue weighted by Gasteiger charge is -2.05. The first kappa shape index (κ1) is 9.98. The van der Waals surface area contributed by atoms with E-state index in [0.29, 0.717) is 10.7 Å². The molecule has 0 amide bonds. The summed E-state index contributed by atoms with van der Waals surface area (Å²) in [6, 6.07) is 1.81. The van der Waals surface area contributed by atoms with Crippen LogP contribution in [0.1, 0.15) is 11.4 Å². The van der Waals surface area contributed by atoms with E-state index < -0.39 is 0 Å². The number of nitrogen functional groups attached to an aromatic ring is 1. The Morgan fingerprint density at radius 1 is 1.40 bits per heavy atom. The number of aryl methyl sites for hydroxylation is 1. The molecule has 0 aliphatic heterocycles. The Kier molecular flexibility index (Phi) is 2.36. The number of hydrogen-bond acceptors (Lipinski definition) is 3. The fraction of sp³-hybridized carbons (Fsp3) is 0.200. The van der Waals surface area contributed by atoms with E-state index in [9.17, 15) is 0 Å². The summed E-state index contributed by atoms with van der Waals surface area (Å²) in [4.78, 5) is 3.93. The molecule has 0 atom stereocenters. The van der Waals surface area contributed by atoms with Crippen molar-refractivity contribution in [2.24, 2.45) is 0 Å². The van der Waals surface area contributed by atoms with E-state index in [2.05, 4.69) is 10.1 Å². The molecule has 78 valence electrons. The second kappa shape index (κ2) is 3.55. The van der Waals surface area contributed by atoms with Gasteiger partial charge in [0, 0.05) is 12.4 Å². The Bertz CT molecular complexity index is 504. The lowest BCUT2D eigenvalue weighted by Crippen LogP contribution is -2.00. The van der Waals surface area contributed by atoms with Gasteiger partial charge in [-0.3, -0.25) is 4.98 Å². The quantitative estimate of drug-likeness (QED) is 0.804. The van der Waals surface area contributed by atoms with Crippen molar-refractivity contribution in [2.45, 2.75) is 13.8 Å². The molecule has 0 aliphatic rings. The number of halogens is 1. The van der Waals surface area contributed by atoms with E-state index >= 15 is 0 Å². The van der Waals surface area contributed by atoms with Gasteiger partial charge in [-0.15, -0.1) is 0 Å². The van der Waals surface area contributed by atoms with Crippen LogP contribution in [0.3, 0.4) is 0 Å². The third-order valence-corrected chi connectivity index (χ3v) is 2.62. The molecule has 2 aromatic rings. The molecule has 0 fully saturated rings. The van der Waals surface area contributed by atoms with E-state index in [-0.39, 0.29) is 0 Å². The van der Waals surface area contributed by atoms with Crippen molar-refractivity contribution >= 4 is 17.3 Å². The maximum atomic E-state index is 6.03. The number of nitrogens with zero attached hydrogens (tertiary/aromatic N) is 3. The molecule has 2 heterocycles. The largest absolute Gasteiger partial charge is 0.396 e. The molecule has 0 aromatic carbocycles. The zero-order chi connectivity index (χ0) is 11.0. The summed E-state index contributed by atoms with van der Waals surface area (Å²) in [5.74, 6) is 0. The van der Waals surface area contributed by atoms with Gasteiger partial charge < -0.3 is 5.73 Å². The molecule has 0 aliphatic carbocycles. The van der Waals surface area contributed by atoms with Gasteiger partial charge >= 0.3 is 0 Å². The predicted molar refractivity (Wildman–Crippen MR) is 60.3 cm³/mol. The van der Waals surface area contributed by atoms with Gasteiger partial charge in [0.15, 0.2) is 0 Å². The zero-order valence-corrected chi connectivity index (χ0v) is 9.28. The van der Waals surface area contributed by atoms with Gasteiger partial charge in [0.05, 0.1) is 27.8 Å². The summed E-state index contributed by atoms with van der Waals surface area (Å²) in [7, 11) is 0. The first-order chi connectivity index (χ1) is 7.11. The van der Waals surface area contributed by atoms with Gasteiger partial charge in [0.25, 0.3) is 0 Å². The second-order valence-corrected chi connectivity index (χ2v) is 3.73. The Morgan fingerprint density at radius 3 is 2.67 bits per heavy atom. The van der Waals surface area contributed by atoms with E-state index in [1.165, 1.54) is 0 Å². The standard InChI is InChI=1S/C10H11ClN4/c1-6-10(12)7(2)15(14-6)9-3-4-13-5-8(9)11/h3-5H,12H2,1-2H3. The van der Waals surface area contributed by atoms with Crippen LogP contribution in [0.5, 0.6) is 0 Å². The van der Waals surface area contributed by atoms with Crippen LogP contribution in [0.2, 0.25) is 5.02 Å². The summed E-state index contributed by atoms with van der Waals surface area (Å²) in [5, 5.41) is 4.88. The highest BCUT2D eigenvalue weighted by Gasteiger charge is 2.11. The SMILES string of the molecule is Cc1nn(-c2ccncc2Cl)c(C)c1N. The van der Waals surface area contributed by atoms with E-state index in [1.54, 1.807) is 23.1 Å². The molecule has 0 spiro atoms. The van der Waals surface area contributed by atoms with Gasteiger partial charge in [-0.05, 0) is 19.9 Å². The Hall–Kier alpha value is -1.55. The summed E-state index contributed by atoms with van der Waals surface area (Å²) in [5.41, 5.74) is 9.04. The molecule has 0 saturated heterocycles. The molecule has 4 nitrogen and oxygen atoms in total. The van der Waals surface area contributed by atoms with Gasteiger partial charge in [-0.25, -0.2) is 4.68 Å². The molecule has 5 heteroatoms. The lowest BCUT2D eigenvalue weighted by atomic mass is 10.3. The van der Waals surface area contributed by atoms with Crippen LogP contribution >= 0.6 is 11.6 Å². The average molecular weight is 223 g/mol. The van der Waals surface area contributed by atoms with Crippen molar-refractivity contribution in [3.8, 4) is 5.69 Å². The van der Waals surface area contributed by atoms with E-state index in [4.69, 9.17) is 17.3 Å². The minimum Gasteiger partial charge on any atom is -0.396 e. The minimum absolute atomic E-state index is 0.558. The summed E-state index contributed by atoms with van der Waals surface area (Å²) < 4.78 is 1.73. The number of aromatic nitrogens is 3. The Labute approximate surface area is 92.7 Å². The van der Waals surface area contributed by atoms with Crippen molar-refractivity contribution in [1.29, 1.82) is 0 Å². The fourth-order valence-electron chi connectivity index (χ4n) is 1.43. The summed E-state index contributed by atoms with van der Waals surface area (Å²) in [6.45, 7) is 3.78. The molecule has 2 N–H and O–H groups in total. The van der Waals surface area contributed by atoms with Gasteiger partial charge in [0.2, 0.25) is 0 Å². The van der Waals surface area contributed by atoms with E-state index in [1.807, 2.05) is 13.8 Å². The van der Waals surface area contributed by atoms with Crippen LogP contribution in [0.15, 0.2) is 18.5 Å². The van der Waals surface area contributed by atoms with Crippen LogP contribution in [0.4, 0.5) is 5.69 Å². The average Bonchev–Trinajstić information content (AvgIpc) is 2.47. The molecule has 15 heavy (non-hydrogen) atoms. The normalized spacial score (nSPS) is 10.6. The molecule has 2 rings (SSSR count). The van der Waals surface area contributed by atoms with E-state index in [0.717, 1.165) is 17.1 Å². The lowest BCUT2D eigenvalue weighted by molar-refractivity contribution is 0.832. The number of pyridine rings is 1. The van der Waals surface area contributed by atoms with Gasteiger partial charge in [-0.1, -0.05) is 11.6 Å². The van der Waals surface area contributed by atoms with Crippen LogP contribution in [0, 0.1) is 13.8 Å². The van der Waals surface area contributed by atoms with Gasteiger partial charge in [0.1, 0.15) is 0 Å². The number of nitrogens with two attached hydrogens (primary N) is 1. The highest BCUT2D eigenvalue weighted by Crippen LogP contribution is 2.23. The first-order valence-corrected chi connectivity index (χ1v) is 4.90. The number of anilines is 1.